The van der Waals surface area contributed by atoms with Crippen molar-refractivity contribution in [3.05, 3.63) is 29.3 Å². The van der Waals surface area contributed by atoms with Crippen LogP contribution >= 0.6 is 12.4 Å². The molecule has 0 saturated carbocycles. The standard InChI is InChI=1S/C12H17NO2.ClH/c13-11(2-1-6-14)9-3-4-12-10(8-9)5-7-15-12;/h3-4,8,11,14H,1-2,5-7,13H2;1H/t11-;/m0./s1. The highest BCUT2D eigenvalue weighted by Crippen LogP contribution is 2.28. The van der Waals surface area contributed by atoms with Crippen molar-refractivity contribution in [2.75, 3.05) is 13.2 Å². The summed E-state index contributed by atoms with van der Waals surface area (Å²) < 4.78 is 5.43. The van der Waals surface area contributed by atoms with E-state index < -0.39 is 0 Å². The molecule has 3 N–H and O–H groups in total. The van der Waals surface area contributed by atoms with Gasteiger partial charge in [-0.3, -0.25) is 0 Å². The van der Waals surface area contributed by atoms with Crippen molar-refractivity contribution < 1.29 is 9.84 Å². The van der Waals surface area contributed by atoms with Crippen LogP contribution < -0.4 is 10.5 Å². The minimum atomic E-state index is 0. The van der Waals surface area contributed by atoms with Crippen LogP contribution in [0.3, 0.4) is 0 Å². The quantitative estimate of drug-likeness (QED) is 0.848. The smallest absolute Gasteiger partial charge is 0.122 e. The Morgan fingerprint density at radius 2 is 2.25 bits per heavy atom. The van der Waals surface area contributed by atoms with E-state index in [0.717, 1.165) is 37.2 Å². The van der Waals surface area contributed by atoms with Crippen LogP contribution in [0.2, 0.25) is 0 Å². The predicted molar refractivity (Wildman–Crippen MR) is 66.1 cm³/mol. The molecule has 0 aromatic heterocycles. The van der Waals surface area contributed by atoms with E-state index in [-0.39, 0.29) is 25.1 Å². The van der Waals surface area contributed by atoms with Crippen LogP contribution in [0, 0.1) is 0 Å². The number of nitrogens with two attached hydrogens (primary N) is 1. The molecule has 1 aromatic rings. The second kappa shape index (κ2) is 6.09. The topological polar surface area (TPSA) is 55.5 Å². The van der Waals surface area contributed by atoms with E-state index in [1.807, 2.05) is 12.1 Å². The highest BCUT2D eigenvalue weighted by molar-refractivity contribution is 5.85. The van der Waals surface area contributed by atoms with E-state index in [1.165, 1.54) is 5.56 Å². The maximum absolute atomic E-state index is 8.74. The number of hydrogen-bond donors (Lipinski definition) is 2. The normalized spacial score (nSPS) is 14.9. The molecule has 0 amide bonds. The molecule has 1 aliphatic rings. The van der Waals surface area contributed by atoms with Crippen LogP contribution in [0.1, 0.15) is 30.0 Å². The number of aliphatic hydroxyl groups excluding tert-OH is 1. The lowest BCUT2D eigenvalue weighted by atomic mass is 10.00. The first-order valence-corrected chi connectivity index (χ1v) is 5.43. The van der Waals surface area contributed by atoms with Gasteiger partial charge >= 0.3 is 0 Å². The largest absolute Gasteiger partial charge is 0.493 e. The average Bonchev–Trinajstić information content (AvgIpc) is 2.72. The molecule has 0 fully saturated rings. The maximum Gasteiger partial charge on any atom is 0.122 e. The monoisotopic (exact) mass is 243 g/mol. The van der Waals surface area contributed by atoms with Crippen LogP contribution in [0.5, 0.6) is 5.75 Å². The number of rotatable bonds is 4. The summed E-state index contributed by atoms with van der Waals surface area (Å²) in [6.45, 7) is 0.992. The first-order valence-electron chi connectivity index (χ1n) is 5.43. The third-order valence-electron chi connectivity index (χ3n) is 2.81. The Balaban J connectivity index is 0.00000128. The van der Waals surface area contributed by atoms with Gasteiger partial charge in [-0.1, -0.05) is 12.1 Å². The first kappa shape index (κ1) is 13.3. The molecule has 1 atom stereocenters. The van der Waals surface area contributed by atoms with Crippen molar-refractivity contribution >= 4 is 12.4 Å². The summed E-state index contributed by atoms with van der Waals surface area (Å²) in [5.74, 6) is 0.994. The molecule has 0 aliphatic carbocycles. The van der Waals surface area contributed by atoms with Gasteiger partial charge in [0.25, 0.3) is 0 Å². The highest BCUT2D eigenvalue weighted by Gasteiger charge is 2.14. The summed E-state index contributed by atoms with van der Waals surface area (Å²) in [7, 11) is 0. The molecule has 1 heterocycles. The summed E-state index contributed by atoms with van der Waals surface area (Å²) in [6, 6.07) is 6.18. The lowest BCUT2D eigenvalue weighted by Gasteiger charge is -2.12. The van der Waals surface area contributed by atoms with Gasteiger partial charge in [0, 0.05) is 19.1 Å². The Labute approximate surface area is 102 Å². The molecule has 2 rings (SSSR count). The van der Waals surface area contributed by atoms with Crippen molar-refractivity contribution in [1.82, 2.24) is 0 Å². The maximum atomic E-state index is 8.74. The second-order valence-corrected chi connectivity index (χ2v) is 3.94. The van der Waals surface area contributed by atoms with E-state index in [1.54, 1.807) is 0 Å². The Morgan fingerprint density at radius 3 is 3.00 bits per heavy atom. The summed E-state index contributed by atoms with van der Waals surface area (Å²) >= 11 is 0. The van der Waals surface area contributed by atoms with E-state index >= 15 is 0 Å². The molecule has 0 saturated heterocycles. The van der Waals surface area contributed by atoms with Crippen LogP contribution in [0.25, 0.3) is 0 Å². The number of ether oxygens (including phenoxy) is 1. The number of hydrogen-bond acceptors (Lipinski definition) is 3. The summed E-state index contributed by atoms with van der Waals surface area (Å²) in [6.07, 6.45) is 2.57. The number of benzene rings is 1. The summed E-state index contributed by atoms with van der Waals surface area (Å²) in [5, 5.41) is 8.74. The molecule has 0 spiro atoms. The van der Waals surface area contributed by atoms with Crippen molar-refractivity contribution in [2.24, 2.45) is 5.73 Å². The SMILES string of the molecule is Cl.N[C@@H](CCCO)c1ccc2c(c1)CCO2. The fourth-order valence-electron chi connectivity index (χ4n) is 1.92. The number of aliphatic hydroxyl groups is 1. The van der Waals surface area contributed by atoms with Crippen LogP contribution in [-0.4, -0.2) is 18.3 Å². The Kier molecular flexibility index (Phi) is 5.06. The Hall–Kier alpha value is -0.770. The first-order chi connectivity index (χ1) is 7.31. The van der Waals surface area contributed by atoms with Gasteiger partial charge in [-0.25, -0.2) is 0 Å². The van der Waals surface area contributed by atoms with Gasteiger partial charge in [0.15, 0.2) is 0 Å². The molecule has 3 nitrogen and oxygen atoms in total. The molecule has 0 unspecified atom stereocenters. The molecule has 16 heavy (non-hydrogen) atoms. The van der Waals surface area contributed by atoms with E-state index in [0.29, 0.717) is 0 Å². The Morgan fingerprint density at radius 1 is 1.44 bits per heavy atom. The summed E-state index contributed by atoms with van der Waals surface area (Å²) in [4.78, 5) is 0. The average molecular weight is 244 g/mol. The van der Waals surface area contributed by atoms with Gasteiger partial charge in [-0.2, -0.15) is 0 Å². The van der Waals surface area contributed by atoms with Crippen molar-refractivity contribution in [3.63, 3.8) is 0 Å². The number of halogens is 1. The van der Waals surface area contributed by atoms with Crippen LogP contribution in [0.15, 0.2) is 18.2 Å². The lowest BCUT2D eigenvalue weighted by Crippen LogP contribution is -2.10. The number of fused-ring (bicyclic) bond motifs is 1. The van der Waals surface area contributed by atoms with Crippen molar-refractivity contribution in [3.8, 4) is 5.75 Å². The lowest BCUT2D eigenvalue weighted by molar-refractivity contribution is 0.280. The molecule has 1 aliphatic heterocycles. The highest BCUT2D eigenvalue weighted by atomic mass is 35.5. The molecule has 4 heteroatoms. The van der Waals surface area contributed by atoms with Gasteiger partial charge in [-0.15, -0.1) is 12.4 Å². The van der Waals surface area contributed by atoms with Crippen molar-refractivity contribution in [1.29, 1.82) is 0 Å². The predicted octanol–water partition coefficient (Wildman–Crippen LogP) is 1.82. The van der Waals surface area contributed by atoms with Gasteiger partial charge in [0.2, 0.25) is 0 Å². The zero-order valence-corrected chi connectivity index (χ0v) is 10.0. The molecule has 0 bridgehead atoms. The molecular weight excluding hydrogens is 226 g/mol. The molecule has 1 aromatic carbocycles. The van der Waals surface area contributed by atoms with Crippen molar-refractivity contribution in [2.45, 2.75) is 25.3 Å². The Bertz CT molecular complexity index is 344. The van der Waals surface area contributed by atoms with E-state index in [9.17, 15) is 0 Å². The summed E-state index contributed by atoms with van der Waals surface area (Å²) in [5.41, 5.74) is 8.43. The third kappa shape index (κ3) is 2.88. The third-order valence-corrected chi connectivity index (χ3v) is 2.81. The zero-order chi connectivity index (χ0) is 10.7. The fourth-order valence-corrected chi connectivity index (χ4v) is 1.92. The van der Waals surface area contributed by atoms with E-state index in [2.05, 4.69) is 6.07 Å². The van der Waals surface area contributed by atoms with Crippen LogP contribution in [0.4, 0.5) is 0 Å². The molecule has 90 valence electrons. The minimum Gasteiger partial charge on any atom is -0.493 e. The second-order valence-electron chi connectivity index (χ2n) is 3.94. The van der Waals surface area contributed by atoms with Gasteiger partial charge in [0.1, 0.15) is 5.75 Å². The fraction of sp³-hybridized carbons (Fsp3) is 0.500. The zero-order valence-electron chi connectivity index (χ0n) is 9.19. The van der Waals surface area contributed by atoms with Crippen LogP contribution in [-0.2, 0) is 6.42 Å². The molecule has 0 radical (unpaired) electrons. The minimum absolute atomic E-state index is 0. The van der Waals surface area contributed by atoms with Gasteiger partial charge < -0.3 is 15.6 Å². The van der Waals surface area contributed by atoms with E-state index in [4.69, 9.17) is 15.6 Å². The van der Waals surface area contributed by atoms with Gasteiger partial charge in [0.05, 0.1) is 6.61 Å². The molecular formula is C12H18ClNO2. The van der Waals surface area contributed by atoms with Gasteiger partial charge in [-0.05, 0) is 30.0 Å².